The largest absolute Gasteiger partial charge is 0.247 e. The maximum Gasteiger partial charge on any atom is 0.104 e. The van der Waals surface area contributed by atoms with Gasteiger partial charge in [-0.15, -0.1) is 0 Å². The molecule has 1 aromatic carbocycles. The standard InChI is InChI=1S/C23H32FN/c1-2-3-4-17-5-11-20(12-6-17)22-14-13-21(15-23(22)24)19-9-7-18(16-25)8-10-19/h7-10,17,20-23H,2-6,11-15H2,1H3/t17?,20?,21-,22?,23?/m1/s1. The minimum atomic E-state index is -0.647. The van der Waals surface area contributed by atoms with E-state index in [1.165, 1.54) is 50.5 Å². The lowest BCUT2D eigenvalue weighted by atomic mass is 9.67. The van der Waals surface area contributed by atoms with E-state index in [0.29, 0.717) is 29.7 Å². The first kappa shape index (κ1) is 18.4. The fourth-order valence-corrected chi connectivity index (χ4v) is 5.20. The second-order valence-corrected chi connectivity index (χ2v) is 8.35. The molecule has 2 saturated carbocycles. The lowest BCUT2D eigenvalue weighted by molar-refractivity contribution is 0.0721. The van der Waals surface area contributed by atoms with Crippen LogP contribution in [0.5, 0.6) is 0 Å². The Morgan fingerprint density at radius 1 is 1.04 bits per heavy atom. The first-order chi connectivity index (χ1) is 12.2. The van der Waals surface area contributed by atoms with Crippen LogP contribution in [0.15, 0.2) is 24.3 Å². The highest BCUT2D eigenvalue weighted by molar-refractivity contribution is 5.33. The molecule has 2 unspecified atom stereocenters. The zero-order chi connectivity index (χ0) is 17.6. The SMILES string of the molecule is CCCCC1CCC(C2CC[C@@H](c3ccc(C#N)cc3)CC2F)CC1. The Kier molecular flexibility index (Phi) is 6.51. The highest BCUT2D eigenvalue weighted by Gasteiger charge is 2.37. The van der Waals surface area contributed by atoms with Gasteiger partial charge in [-0.3, -0.25) is 0 Å². The summed E-state index contributed by atoms with van der Waals surface area (Å²) < 4.78 is 15.0. The smallest absolute Gasteiger partial charge is 0.104 e. The molecule has 0 bridgehead atoms. The van der Waals surface area contributed by atoms with Crippen molar-refractivity contribution >= 4 is 0 Å². The molecule has 3 rings (SSSR count). The van der Waals surface area contributed by atoms with E-state index in [1.807, 2.05) is 24.3 Å². The van der Waals surface area contributed by atoms with Gasteiger partial charge in [0.25, 0.3) is 0 Å². The summed E-state index contributed by atoms with van der Waals surface area (Å²) in [5.74, 6) is 2.15. The van der Waals surface area contributed by atoms with E-state index >= 15 is 0 Å². The normalized spacial score (nSPS) is 32.9. The zero-order valence-electron chi connectivity index (χ0n) is 15.6. The van der Waals surface area contributed by atoms with Crippen molar-refractivity contribution in [1.29, 1.82) is 5.26 Å². The first-order valence-corrected chi connectivity index (χ1v) is 10.3. The Morgan fingerprint density at radius 3 is 2.36 bits per heavy atom. The molecule has 2 heteroatoms. The Bertz CT molecular complexity index is 565. The number of rotatable bonds is 5. The van der Waals surface area contributed by atoms with Crippen LogP contribution in [0.3, 0.4) is 0 Å². The van der Waals surface area contributed by atoms with Gasteiger partial charge >= 0.3 is 0 Å². The molecule has 0 N–H and O–H groups in total. The molecule has 0 aromatic heterocycles. The third kappa shape index (κ3) is 4.63. The van der Waals surface area contributed by atoms with Crippen LogP contribution >= 0.6 is 0 Å². The number of hydrogen-bond acceptors (Lipinski definition) is 1. The average Bonchev–Trinajstić information content (AvgIpc) is 2.67. The second kappa shape index (κ2) is 8.84. The Labute approximate surface area is 152 Å². The van der Waals surface area contributed by atoms with Crippen molar-refractivity contribution in [2.24, 2.45) is 17.8 Å². The molecular weight excluding hydrogens is 309 g/mol. The third-order valence-electron chi connectivity index (χ3n) is 6.80. The molecule has 0 amide bonds. The molecule has 3 atom stereocenters. The summed E-state index contributed by atoms with van der Waals surface area (Å²) in [6.45, 7) is 2.27. The van der Waals surface area contributed by atoms with E-state index < -0.39 is 6.17 Å². The molecule has 136 valence electrons. The van der Waals surface area contributed by atoms with E-state index in [0.717, 1.165) is 18.8 Å². The number of benzene rings is 1. The third-order valence-corrected chi connectivity index (χ3v) is 6.80. The number of unbranched alkanes of at least 4 members (excludes halogenated alkanes) is 1. The number of alkyl halides is 1. The van der Waals surface area contributed by atoms with Gasteiger partial charge in [-0.1, -0.05) is 51.2 Å². The molecule has 2 aliphatic carbocycles. The van der Waals surface area contributed by atoms with Crippen LogP contribution in [0.1, 0.15) is 88.2 Å². The highest BCUT2D eigenvalue weighted by Crippen LogP contribution is 2.45. The molecule has 0 spiro atoms. The van der Waals surface area contributed by atoms with Gasteiger partial charge in [0, 0.05) is 0 Å². The summed E-state index contributed by atoms with van der Waals surface area (Å²) in [5.41, 5.74) is 1.90. The van der Waals surface area contributed by atoms with Gasteiger partial charge in [-0.2, -0.15) is 5.26 Å². The fourth-order valence-electron chi connectivity index (χ4n) is 5.20. The summed E-state index contributed by atoms with van der Waals surface area (Å²) in [6.07, 6.45) is 11.4. The van der Waals surface area contributed by atoms with Crippen molar-refractivity contribution < 1.29 is 4.39 Å². The van der Waals surface area contributed by atoms with Crippen molar-refractivity contribution in [1.82, 2.24) is 0 Å². The quantitative estimate of drug-likeness (QED) is 0.579. The molecule has 1 aromatic rings. The topological polar surface area (TPSA) is 23.8 Å². The van der Waals surface area contributed by atoms with Crippen LogP contribution in [0.25, 0.3) is 0 Å². The lowest BCUT2D eigenvalue weighted by Crippen LogP contribution is -2.33. The van der Waals surface area contributed by atoms with Crippen molar-refractivity contribution in [2.45, 2.75) is 83.2 Å². The van der Waals surface area contributed by atoms with Gasteiger partial charge in [0.15, 0.2) is 0 Å². The van der Waals surface area contributed by atoms with Crippen LogP contribution < -0.4 is 0 Å². The Morgan fingerprint density at radius 2 is 1.76 bits per heavy atom. The van der Waals surface area contributed by atoms with E-state index in [-0.39, 0.29) is 0 Å². The number of nitriles is 1. The van der Waals surface area contributed by atoms with Crippen LogP contribution in [-0.2, 0) is 0 Å². The molecule has 0 saturated heterocycles. The van der Waals surface area contributed by atoms with Gasteiger partial charge in [0.2, 0.25) is 0 Å². The molecule has 0 aliphatic heterocycles. The van der Waals surface area contributed by atoms with Crippen LogP contribution in [0.4, 0.5) is 4.39 Å². The minimum Gasteiger partial charge on any atom is -0.247 e. The van der Waals surface area contributed by atoms with Crippen LogP contribution in [-0.4, -0.2) is 6.17 Å². The van der Waals surface area contributed by atoms with Crippen molar-refractivity contribution in [2.75, 3.05) is 0 Å². The molecule has 2 fully saturated rings. The lowest BCUT2D eigenvalue weighted by Gasteiger charge is -2.40. The summed E-state index contributed by atoms with van der Waals surface area (Å²) in [5, 5.41) is 8.92. The predicted molar refractivity (Wildman–Crippen MR) is 101 cm³/mol. The first-order valence-electron chi connectivity index (χ1n) is 10.3. The number of nitrogens with zero attached hydrogens (tertiary/aromatic N) is 1. The maximum absolute atomic E-state index is 15.0. The van der Waals surface area contributed by atoms with E-state index in [4.69, 9.17) is 5.26 Å². The molecule has 2 aliphatic rings. The molecule has 1 nitrogen and oxygen atoms in total. The second-order valence-electron chi connectivity index (χ2n) is 8.35. The van der Waals surface area contributed by atoms with Crippen molar-refractivity contribution in [3.05, 3.63) is 35.4 Å². The van der Waals surface area contributed by atoms with Crippen molar-refractivity contribution in [3.8, 4) is 6.07 Å². The number of halogens is 1. The Balaban J connectivity index is 1.51. The minimum absolute atomic E-state index is 0.293. The predicted octanol–water partition coefficient (Wildman–Crippen LogP) is 6.78. The maximum atomic E-state index is 15.0. The van der Waals surface area contributed by atoms with E-state index in [2.05, 4.69) is 13.0 Å². The van der Waals surface area contributed by atoms with Gasteiger partial charge in [0.1, 0.15) is 6.17 Å². The monoisotopic (exact) mass is 341 g/mol. The van der Waals surface area contributed by atoms with Gasteiger partial charge in [0.05, 0.1) is 11.6 Å². The van der Waals surface area contributed by atoms with Gasteiger partial charge < -0.3 is 0 Å². The van der Waals surface area contributed by atoms with Crippen molar-refractivity contribution in [3.63, 3.8) is 0 Å². The summed E-state index contributed by atoms with van der Waals surface area (Å²) >= 11 is 0. The summed E-state index contributed by atoms with van der Waals surface area (Å²) in [6, 6.07) is 9.94. The molecular formula is C23H32FN. The van der Waals surface area contributed by atoms with E-state index in [1.54, 1.807) is 0 Å². The van der Waals surface area contributed by atoms with Gasteiger partial charge in [-0.25, -0.2) is 4.39 Å². The Hall–Kier alpha value is -1.36. The van der Waals surface area contributed by atoms with Crippen LogP contribution in [0.2, 0.25) is 0 Å². The summed E-state index contributed by atoms with van der Waals surface area (Å²) in [4.78, 5) is 0. The fraction of sp³-hybridized carbons (Fsp3) is 0.696. The van der Waals surface area contributed by atoms with E-state index in [9.17, 15) is 4.39 Å². The molecule has 0 radical (unpaired) electrons. The molecule has 0 heterocycles. The summed E-state index contributed by atoms with van der Waals surface area (Å²) in [7, 11) is 0. The molecule has 25 heavy (non-hydrogen) atoms. The average molecular weight is 342 g/mol. The van der Waals surface area contributed by atoms with Crippen LogP contribution in [0, 0.1) is 29.1 Å². The zero-order valence-corrected chi connectivity index (χ0v) is 15.6. The highest BCUT2D eigenvalue weighted by atomic mass is 19.1. The van der Waals surface area contributed by atoms with Gasteiger partial charge in [-0.05, 0) is 73.5 Å². The number of hydrogen-bond donors (Lipinski definition) is 0.